The summed E-state index contributed by atoms with van der Waals surface area (Å²) in [6.45, 7) is 1.81. The lowest BCUT2D eigenvalue weighted by Gasteiger charge is -2.25. The third-order valence-electron chi connectivity index (χ3n) is 3.34. The lowest BCUT2D eigenvalue weighted by atomic mass is 10.2. The van der Waals surface area contributed by atoms with E-state index in [0.717, 1.165) is 5.56 Å². The van der Waals surface area contributed by atoms with Crippen molar-refractivity contribution in [1.29, 1.82) is 0 Å². The Morgan fingerprint density at radius 1 is 1.04 bits per heavy atom. The number of nitrogens with one attached hydrogen (secondary N) is 1. The fourth-order valence-corrected chi connectivity index (χ4v) is 4.88. The van der Waals surface area contributed by atoms with Gasteiger partial charge in [-0.25, -0.2) is 8.42 Å². The van der Waals surface area contributed by atoms with Crippen molar-refractivity contribution in [2.45, 2.75) is 21.0 Å². The molecule has 2 aromatic rings. The van der Waals surface area contributed by atoms with Gasteiger partial charge in [-0.1, -0.05) is 76.2 Å². The van der Waals surface area contributed by atoms with E-state index in [-0.39, 0.29) is 15.5 Å². The number of aryl methyl sites for hydroxylation is 1. The van der Waals surface area contributed by atoms with Crippen LogP contribution in [0.25, 0.3) is 0 Å². The van der Waals surface area contributed by atoms with E-state index >= 15 is 0 Å². The van der Waals surface area contributed by atoms with Gasteiger partial charge >= 0.3 is 0 Å². The van der Waals surface area contributed by atoms with E-state index in [1.54, 1.807) is 24.3 Å². The Balaban J connectivity index is 2.42. The lowest BCUT2D eigenvalue weighted by molar-refractivity contribution is 0.0948. The molecule has 1 N–H and O–H groups in total. The molecule has 1 unspecified atom stereocenters. The van der Waals surface area contributed by atoms with Crippen LogP contribution >= 0.6 is 46.4 Å². The van der Waals surface area contributed by atoms with E-state index in [4.69, 9.17) is 46.4 Å². The maximum absolute atomic E-state index is 12.8. The summed E-state index contributed by atoms with van der Waals surface area (Å²) in [5.74, 6) is -0.766. The Hall–Kier alpha value is -0.980. The van der Waals surface area contributed by atoms with E-state index < -0.39 is 24.9 Å². The van der Waals surface area contributed by atoms with Gasteiger partial charge in [-0.2, -0.15) is 0 Å². The Morgan fingerprint density at radius 2 is 1.60 bits per heavy atom. The van der Waals surface area contributed by atoms with Crippen LogP contribution in [0, 0.1) is 6.92 Å². The van der Waals surface area contributed by atoms with Crippen molar-refractivity contribution in [3.05, 3.63) is 64.7 Å². The van der Waals surface area contributed by atoms with Gasteiger partial charge in [0, 0.05) is 0 Å². The first-order valence-electron chi connectivity index (χ1n) is 6.96. The summed E-state index contributed by atoms with van der Waals surface area (Å²) < 4.78 is 23.4. The van der Waals surface area contributed by atoms with Crippen LogP contribution in [0.15, 0.2) is 53.4 Å². The van der Waals surface area contributed by atoms with Crippen molar-refractivity contribution < 1.29 is 13.2 Å². The summed E-state index contributed by atoms with van der Waals surface area (Å²) in [6, 6.07) is 12.1. The Kier molecular flexibility index (Phi) is 6.28. The van der Waals surface area contributed by atoms with Crippen LogP contribution in [-0.4, -0.2) is 23.5 Å². The SMILES string of the molecule is Cc1ccc(S(=O)(=O)C(NC(=O)c2ccccc2Cl)C(Cl)(Cl)Cl)cc1. The van der Waals surface area contributed by atoms with Gasteiger partial charge in [-0.05, 0) is 31.2 Å². The summed E-state index contributed by atoms with van der Waals surface area (Å²) in [4.78, 5) is 12.3. The molecule has 1 amide bonds. The highest BCUT2D eigenvalue weighted by atomic mass is 35.6. The van der Waals surface area contributed by atoms with Crippen LogP contribution in [0.5, 0.6) is 0 Å². The van der Waals surface area contributed by atoms with Gasteiger partial charge in [0.25, 0.3) is 5.91 Å². The molecule has 25 heavy (non-hydrogen) atoms. The van der Waals surface area contributed by atoms with Crippen molar-refractivity contribution in [3.8, 4) is 0 Å². The monoisotopic (exact) mass is 439 g/mol. The minimum atomic E-state index is -4.16. The van der Waals surface area contributed by atoms with E-state index in [2.05, 4.69) is 5.32 Å². The van der Waals surface area contributed by atoms with Crippen molar-refractivity contribution in [2.24, 2.45) is 0 Å². The van der Waals surface area contributed by atoms with Crippen LogP contribution in [0.1, 0.15) is 15.9 Å². The molecular weight excluding hydrogens is 428 g/mol. The summed E-state index contributed by atoms with van der Waals surface area (Å²) in [5.41, 5.74) is 0.937. The van der Waals surface area contributed by atoms with Crippen LogP contribution < -0.4 is 5.32 Å². The molecule has 9 heteroatoms. The highest BCUT2D eigenvalue weighted by molar-refractivity contribution is 7.92. The van der Waals surface area contributed by atoms with E-state index in [0.29, 0.717) is 0 Å². The van der Waals surface area contributed by atoms with Gasteiger partial charge in [-0.3, -0.25) is 4.79 Å². The zero-order valence-electron chi connectivity index (χ0n) is 12.8. The molecule has 134 valence electrons. The second-order valence-corrected chi connectivity index (χ2v) is 10.0. The summed E-state index contributed by atoms with van der Waals surface area (Å²) in [5, 5.41) is 0.614. The first-order chi connectivity index (χ1) is 11.5. The Labute approximate surface area is 165 Å². The molecule has 0 fully saturated rings. The maximum atomic E-state index is 12.8. The predicted molar refractivity (Wildman–Crippen MR) is 101 cm³/mol. The van der Waals surface area contributed by atoms with Gasteiger partial charge in [0.05, 0.1) is 15.5 Å². The number of rotatable bonds is 4. The van der Waals surface area contributed by atoms with Crippen molar-refractivity contribution in [3.63, 3.8) is 0 Å². The molecule has 0 aliphatic heterocycles. The second kappa shape index (κ2) is 7.72. The first kappa shape index (κ1) is 20.3. The highest BCUT2D eigenvalue weighted by Gasteiger charge is 2.44. The number of alkyl halides is 3. The first-order valence-corrected chi connectivity index (χ1v) is 10.0. The molecule has 2 aromatic carbocycles. The third-order valence-corrected chi connectivity index (χ3v) is 6.73. The number of sulfone groups is 1. The maximum Gasteiger partial charge on any atom is 0.253 e. The van der Waals surface area contributed by atoms with Gasteiger partial charge in [-0.15, -0.1) is 0 Å². The molecule has 0 bridgehead atoms. The average Bonchev–Trinajstić information content (AvgIpc) is 2.52. The molecule has 0 aromatic heterocycles. The molecule has 0 spiro atoms. The molecule has 0 aliphatic carbocycles. The largest absolute Gasteiger partial charge is 0.332 e. The van der Waals surface area contributed by atoms with E-state index in [9.17, 15) is 13.2 Å². The van der Waals surface area contributed by atoms with Crippen LogP contribution in [0.3, 0.4) is 0 Å². The summed E-state index contributed by atoms with van der Waals surface area (Å²) in [7, 11) is -4.16. The van der Waals surface area contributed by atoms with Crippen LogP contribution in [-0.2, 0) is 9.84 Å². The fourth-order valence-electron chi connectivity index (χ4n) is 2.04. The van der Waals surface area contributed by atoms with Crippen molar-refractivity contribution in [2.75, 3.05) is 0 Å². The highest BCUT2D eigenvalue weighted by Crippen LogP contribution is 2.36. The minimum absolute atomic E-state index is 0.0718. The van der Waals surface area contributed by atoms with Gasteiger partial charge in [0.1, 0.15) is 0 Å². The Morgan fingerprint density at radius 3 is 2.12 bits per heavy atom. The van der Waals surface area contributed by atoms with E-state index in [1.807, 2.05) is 6.92 Å². The molecule has 0 saturated heterocycles. The normalized spacial score (nSPS) is 13.3. The van der Waals surface area contributed by atoms with Gasteiger partial charge in [0.15, 0.2) is 5.37 Å². The molecule has 1 atom stereocenters. The molecule has 2 rings (SSSR count). The molecule has 0 aliphatic rings. The molecule has 0 saturated carbocycles. The van der Waals surface area contributed by atoms with Gasteiger partial charge in [0.2, 0.25) is 13.6 Å². The summed E-state index contributed by atoms with van der Waals surface area (Å²) >= 11 is 23.5. The molecule has 4 nitrogen and oxygen atoms in total. The van der Waals surface area contributed by atoms with Crippen molar-refractivity contribution >= 4 is 62.1 Å². The third kappa shape index (κ3) is 4.80. The zero-order chi connectivity index (χ0) is 18.8. The topological polar surface area (TPSA) is 63.2 Å². The zero-order valence-corrected chi connectivity index (χ0v) is 16.7. The Bertz CT molecular complexity index is 877. The number of hydrogen-bond acceptors (Lipinski definition) is 3. The van der Waals surface area contributed by atoms with Crippen molar-refractivity contribution in [1.82, 2.24) is 5.32 Å². The van der Waals surface area contributed by atoms with Crippen LogP contribution in [0.4, 0.5) is 0 Å². The average molecular weight is 441 g/mol. The number of amides is 1. The number of carbonyl (C=O) groups is 1. The molecular formula is C16H13Cl4NO3S. The summed E-state index contributed by atoms with van der Waals surface area (Å²) in [6.07, 6.45) is 0. The number of benzene rings is 2. The predicted octanol–water partition coefficient (Wildman–Crippen LogP) is 4.55. The lowest BCUT2D eigenvalue weighted by Crippen LogP contribution is -2.49. The number of hydrogen-bond donors (Lipinski definition) is 1. The number of halogens is 4. The number of carbonyl (C=O) groups excluding carboxylic acids is 1. The smallest absolute Gasteiger partial charge is 0.253 e. The quantitative estimate of drug-likeness (QED) is 0.709. The second-order valence-electron chi connectivity index (χ2n) is 5.23. The van der Waals surface area contributed by atoms with Crippen LogP contribution in [0.2, 0.25) is 5.02 Å². The van der Waals surface area contributed by atoms with Gasteiger partial charge < -0.3 is 5.32 Å². The molecule has 0 heterocycles. The fraction of sp³-hybridized carbons (Fsp3) is 0.188. The standard InChI is InChI=1S/C16H13Cl4NO3S/c1-10-6-8-11(9-7-10)25(23,24)15(16(18,19)20)21-14(22)12-4-2-3-5-13(12)17/h2-9,15H,1H3,(H,21,22). The molecule has 0 radical (unpaired) electrons. The van der Waals surface area contributed by atoms with E-state index in [1.165, 1.54) is 24.3 Å². The minimum Gasteiger partial charge on any atom is -0.332 e.